The highest BCUT2D eigenvalue weighted by atomic mass is 32.2. The van der Waals surface area contributed by atoms with Gasteiger partial charge in [-0.05, 0) is 31.5 Å². The Balaban J connectivity index is 2.46. The Morgan fingerprint density at radius 3 is 2.57 bits per heavy atom. The van der Waals surface area contributed by atoms with E-state index in [1.54, 1.807) is 19.2 Å². The number of benzene rings is 1. The molecule has 0 spiro atoms. The van der Waals surface area contributed by atoms with Gasteiger partial charge < -0.3 is 10.1 Å². The first-order valence-electron chi connectivity index (χ1n) is 7.41. The maximum Gasteiger partial charge on any atom is 0.240 e. The lowest BCUT2D eigenvalue weighted by Crippen LogP contribution is -2.27. The zero-order valence-electron chi connectivity index (χ0n) is 12.9. The Hall–Kier alpha value is -0.950. The predicted octanol–water partition coefficient (Wildman–Crippen LogP) is 1.89. The first-order chi connectivity index (χ1) is 10.1. The molecule has 0 aliphatic rings. The highest BCUT2D eigenvalue weighted by Crippen LogP contribution is 2.14. The Morgan fingerprint density at radius 2 is 1.86 bits per heavy atom. The zero-order chi connectivity index (χ0) is 15.6. The zero-order valence-corrected chi connectivity index (χ0v) is 13.7. The van der Waals surface area contributed by atoms with Gasteiger partial charge in [-0.3, -0.25) is 0 Å². The molecular weight excluding hydrogens is 288 g/mol. The second-order valence-electron chi connectivity index (χ2n) is 4.86. The average Bonchev–Trinajstić information content (AvgIpc) is 2.47. The summed E-state index contributed by atoms with van der Waals surface area (Å²) in [6.45, 7) is 4.36. The van der Waals surface area contributed by atoms with Crippen LogP contribution in [0.1, 0.15) is 31.7 Å². The molecule has 2 N–H and O–H groups in total. The van der Waals surface area contributed by atoms with Crippen LogP contribution in [0.25, 0.3) is 0 Å². The maximum absolute atomic E-state index is 12.3. The fourth-order valence-electron chi connectivity index (χ4n) is 1.91. The van der Waals surface area contributed by atoms with Crippen LogP contribution >= 0.6 is 0 Å². The fourth-order valence-corrected chi connectivity index (χ4v) is 3.22. The smallest absolute Gasteiger partial charge is 0.240 e. The summed E-state index contributed by atoms with van der Waals surface area (Å²) in [6, 6.07) is 7.03. The highest BCUT2D eigenvalue weighted by Gasteiger charge is 2.16. The number of hydrogen-bond donors (Lipinski definition) is 2. The highest BCUT2D eigenvalue weighted by molar-refractivity contribution is 7.89. The second-order valence-corrected chi connectivity index (χ2v) is 6.59. The Bertz CT molecular complexity index is 503. The summed E-state index contributed by atoms with van der Waals surface area (Å²) in [4.78, 5) is 0.339. The van der Waals surface area contributed by atoms with Crippen LogP contribution in [0.3, 0.4) is 0 Å². The van der Waals surface area contributed by atoms with Crippen molar-refractivity contribution >= 4 is 10.0 Å². The van der Waals surface area contributed by atoms with Gasteiger partial charge in [-0.2, -0.15) is 0 Å². The summed E-state index contributed by atoms with van der Waals surface area (Å²) in [5.41, 5.74) is 0.770. The minimum absolute atomic E-state index is 0.339. The molecule has 0 fully saturated rings. The number of hydrogen-bond acceptors (Lipinski definition) is 4. The van der Waals surface area contributed by atoms with Crippen LogP contribution in [0.4, 0.5) is 0 Å². The molecule has 0 aromatic heterocycles. The molecule has 21 heavy (non-hydrogen) atoms. The molecule has 0 saturated carbocycles. The van der Waals surface area contributed by atoms with Crippen LogP contribution < -0.4 is 10.0 Å². The van der Waals surface area contributed by atoms with E-state index in [0.29, 0.717) is 31.0 Å². The van der Waals surface area contributed by atoms with Gasteiger partial charge in [0, 0.05) is 26.3 Å². The van der Waals surface area contributed by atoms with Crippen LogP contribution in [0, 0.1) is 0 Å². The third-order valence-corrected chi connectivity index (χ3v) is 4.59. The van der Waals surface area contributed by atoms with E-state index < -0.39 is 10.0 Å². The predicted molar refractivity (Wildman–Crippen MR) is 84.7 cm³/mol. The van der Waals surface area contributed by atoms with E-state index in [9.17, 15) is 8.42 Å². The van der Waals surface area contributed by atoms with Crippen molar-refractivity contribution in [1.82, 2.24) is 10.0 Å². The molecule has 0 heterocycles. The summed E-state index contributed by atoms with van der Waals surface area (Å²) in [5.74, 6) is 0. The fraction of sp³-hybridized carbons (Fsp3) is 0.600. The van der Waals surface area contributed by atoms with E-state index in [1.807, 2.05) is 12.1 Å². The summed E-state index contributed by atoms with van der Waals surface area (Å²) in [7, 11) is -1.66. The van der Waals surface area contributed by atoms with E-state index in [2.05, 4.69) is 17.0 Å². The van der Waals surface area contributed by atoms with E-state index in [1.165, 1.54) is 0 Å². The van der Waals surface area contributed by atoms with Crippen LogP contribution in [-0.4, -0.2) is 35.2 Å². The molecule has 1 aromatic rings. The number of unbranched alkanes of at least 4 members (excludes halogenated alkanes) is 1. The molecule has 0 bridgehead atoms. The standard InChI is InChI=1S/C15H26N2O3S/c1-3-4-11-20-12-7-10-17-21(18,19)15-9-6-5-8-14(15)13-16-2/h5-6,8-9,16-17H,3-4,7,10-13H2,1-2H3. The molecule has 0 unspecified atom stereocenters. The maximum atomic E-state index is 12.3. The number of nitrogens with one attached hydrogen (secondary N) is 2. The average molecular weight is 314 g/mol. The van der Waals surface area contributed by atoms with Crippen LogP contribution in [0.5, 0.6) is 0 Å². The second kappa shape index (κ2) is 9.89. The van der Waals surface area contributed by atoms with Gasteiger partial charge in [-0.25, -0.2) is 13.1 Å². The minimum atomic E-state index is -3.46. The number of sulfonamides is 1. The molecule has 0 saturated heterocycles. The van der Waals surface area contributed by atoms with Gasteiger partial charge >= 0.3 is 0 Å². The van der Waals surface area contributed by atoms with Gasteiger partial charge in [0.2, 0.25) is 10.0 Å². The molecule has 6 heteroatoms. The van der Waals surface area contributed by atoms with Gasteiger partial charge in [0.25, 0.3) is 0 Å². The molecule has 1 aromatic carbocycles. The lowest BCUT2D eigenvalue weighted by atomic mass is 10.2. The first-order valence-corrected chi connectivity index (χ1v) is 8.90. The van der Waals surface area contributed by atoms with E-state index >= 15 is 0 Å². The monoisotopic (exact) mass is 314 g/mol. The molecular formula is C15H26N2O3S. The molecule has 0 amide bonds. The third-order valence-electron chi connectivity index (χ3n) is 3.03. The molecule has 120 valence electrons. The molecule has 0 atom stereocenters. The normalized spacial score (nSPS) is 11.7. The van der Waals surface area contributed by atoms with Crippen LogP contribution in [-0.2, 0) is 21.3 Å². The Morgan fingerprint density at radius 1 is 1.14 bits per heavy atom. The summed E-state index contributed by atoms with van der Waals surface area (Å²) < 4.78 is 32.6. The first kappa shape index (κ1) is 18.1. The van der Waals surface area contributed by atoms with E-state index in [4.69, 9.17) is 4.74 Å². The third kappa shape index (κ3) is 6.56. The summed E-state index contributed by atoms with van der Waals surface area (Å²) in [5, 5.41) is 2.98. The van der Waals surface area contributed by atoms with Crippen molar-refractivity contribution in [2.75, 3.05) is 26.8 Å². The minimum Gasteiger partial charge on any atom is -0.381 e. The number of rotatable bonds is 11. The van der Waals surface area contributed by atoms with Crippen molar-refractivity contribution in [2.45, 2.75) is 37.6 Å². The largest absolute Gasteiger partial charge is 0.381 e. The van der Waals surface area contributed by atoms with Crippen molar-refractivity contribution < 1.29 is 13.2 Å². The Kier molecular flexibility index (Phi) is 8.52. The summed E-state index contributed by atoms with van der Waals surface area (Å²) >= 11 is 0. The topological polar surface area (TPSA) is 67.4 Å². The molecule has 0 aliphatic carbocycles. The van der Waals surface area contributed by atoms with Crippen LogP contribution in [0.2, 0.25) is 0 Å². The lowest BCUT2D eigenvalue weighted by molar-refractivity contribution is 0.130. The van der Waals surface area contributed by atoms with Gasteiger partial charge in [0.1, 0.15) is 0 Å². The van der Waals surface area contributed by atoms with Gasteiger partial charge in [-0.1, -0.05) is 31.5 Å². The quantitative estimate of drug-likeness (QED) is 0.612. The van der Waals surface area contributed by atoms with E-state index in [0.717, 1.165) is 25.0 Å². The number of ether oxygens (including phenoxy) is 1. The van der Waals surface area contributed by atoms with Crippen molar-refractivity contribution in [3.63, 3.8) is 0 Å². The SMILES string of the molecule is CCCCOCCCNS(=O)(=O)c1ccccc1CNC. The van der Waals surface area contributed by atoms with Crippen molar-refractivity contribution in [3.8, 4) is 0 Å². The van der Waals surface area contributed by atoms with Gasteiger partial charge in [0.05, 0.1) is 4.90 Å². The van der Waals surface area contributed by atoms with Crippen LogP contribution in [0.15, 0.2) is 29.2 Å². The van der Waals surface area contributed by atoms with Gasteiger partial charge in [0.15, 0.2) is 0 Å². The Labute approximate surface area is 128 Å². The van der Waals surface area contributed by atoms with E-state index in [-0.39, 0.29) is 0 Å². The summed E-state index contributed by atoms with van der Waals surface area (Å²) in [6.07, 6.45) is 2.83. The molecule has 1 rings (SSSR count). The molecule has 5 nitrogen and oxygen atoms in total. The van der Waals surface area contributed by atoms with Crippen molar-refractivity contribution in [2.24, 2.45) is 0 Å². The van der Waals surface area contributed by atoms with Crippen molar-refractivity contribution in [1.29, 1.82) is 0 Å². The van der Waals surface area contributed by atoms with Crippen molar-refractivity contribution in [3.05, 3.63) is 29.8 Å². The van der Waals surface area contributed by atoms with Gasteiger partial charge in [-0.15, -0.1) is 0 Å². The molecule has 0 radical (unpaired) electrons. The lowest BCUT2D eigenvalue weighted by Gasteiger charge is -2.11. The molecule has 0 aliphatic heterocycles.